The van der Waals surface area contributed by atoms with Crippen LogP contribution in [-0.4, -0.2) is 22.8 Å². The van der Waals surface area contributed by atoms with E-state index >= 15 is 0 Å². The number of amides is 2. The summed E-state index contributed by atoms with van der Waals surface area (Å²) in [5, 5.41) is 11.3. The predicted molar refractivity (Wildman–Crippen MR) is 61.8 cm³/mol. The molecule has 1 aliphatic rings. The van der Waals surface area contributed by atoms with Gasteiger partial charge in [-0.05, 0) is 12.1 Å². The molecule has 0 spiro atoms. The summed E-state index contributed by atoms with van der Waals surface area (Å²) in [7, 11) is 0. The van der Waals surface area contributed by atoms with Crippen LogP contribution in [0.15, 0.2) is 24.4 Å². The number of nitrogens with one attached hydrogen (secondary N) is 1. The number of nitrogens with zero attached hydrogens (tertiary/aromatic N) is 2. The standard InChI is InChI=1S/C12H12N4O2/c1-12(8-4-2-3-5-15-8)7(6-13)10(17)16-11(18)9(12)14/h2-5,7,9H,14H2,1H3,(H,16,17,18). The number of rotatable bonds is 1. The van der Waals surface area contributed by atoms with Crippen molar-refractivity contribution < 1.29 is 9.59 Å². The van der Waals surface area contributed by atoms with Gasteiger partial charge in [-0.1, -0.05) is 13.0 Å². The zero-order valence-electron chi connectivity index (χ0n) is 9.75. The normalized spacial score (nSPS) is 31.6. The average molecular weight is 244 g/mol. The van der Waals surface area contributed by atoms with Gasteiger partial charge >= 0.3 is 0 Å². The van der Waals surface area contributed by atoms with Crippen LogP contribution in [0.25, 0.3) is 0 Å². The summed E-state index contributed by atoms with van der Waals surface area (Å²) in [5.74, 6) is -2.25. The van der Waals surface area contributed by atoms with Crippen molar-refractivity contribution in [3.8, 4) is 6.07 Å². The summed E-state index contributed by atoms with van der Waals surface area (Å²) in [4.78, 5) is 27.5. The number of aromatic nitrogens is 1. The minimum atomic E-state index is -1.12. The highest BCUT2D eigenvalue weighted by Gasteiger charge is 2.53. The molecule has 2 amide bonds. The van der Waals surface area contributed by atoms with Crippen molar-refractivity contribution in [2.24, 2.45) is 11.7 Å². The molecule has 3 N–H and O–H groups in total. The average Bonchev–Trinajstić information content (AvgIpc) is 2.38. The van der Waals surface area contributed by atoms with Gasteiger partial charge in [0.25, 0.3) is 0 Å². The highest BCUT2D eigenvalue weighted by atomic mass is 16.2. The molecule has 0 aliphatic carbocycles. The Balaban J connectivity index is 2.59. The van der Waals surface area contributed by atoms with E-state index in [-0.39, 0.29) is 0 Å². The molecule has 0 radical (unpaired) electrons. The summed E-state index contributed by atoms with van der Waals surface area (Å²) < 4.78 is 0. The molecule has 1 aliphatic heterocycles. The van der Waals surface area contributed by atoms with Crippen LogP contribution in [0, 0.1) is 17.2 Å². The Hall–Kier alpha value is -2.26. The minimum absolute atomic E-state index is 0.465. The maximum atomic E-state index is 11.7. The lowest BCUT2D eigenvalue weighted by molar-refractivity contribution is -0.139. The fourth-order valence-corrected chi connectivity index (χ4v) is 2.18. The van der Waals surface area contributed by atoms with Gasteiger partial charge in [-0.3, -0.25) is 19.9 Å². The van der Waals surface area contributed by atoms with E-state index in [9.17, 15) is 9.59 Å². The maximum absolute atomic E-state index is 11.7. The maximum Gasteiger partial charge on any atom is 0.245 e. The third-order valence-corrected chi connectivity index (χ3v) is 3.38. The quantitative estimate of drug-likeness (QED) is 0.645. The lowest BCUT2D eigenvalue weighted by atomic mass is 9.67. The smallest absolute Gasteiger partial charge is 0.245 e. The number of carbonyl (C=O) groups excluding carboxylic acids is 2. The number of carbonyl (C=O) groups is 2. The molecule has 6 heteroatoms. The fraction of sp³-hybridized carbons (Fsp3) is 0.333. The van der Waals surface area contributed by atoms with Crippen LogP contribution < -0.4 is 11.1 Å². The van der Waals surface area contributed by atoms with Crippen molar-refractivity contribution in [2.75, 3.05) is 0 Å². The molecule has 0 aromatic carbocycles. The van der Waals surface area contributed by atoms with Gasteiger partial charge < -0.3 is 5.73 Å². The molecule has 1 aromatic heterocycles. The number of hydrogen-bond donors (Lipinski definition) is 2. The zero-order valence-corrected chi connectivity index (χ0v) is 9.75. The summed E-state index contributed by atoms with van der Waals surface area (Å²) in [6, 6.07) is 6.02. The Labute approximate surface area is 104 Å². The highest BCUT2D eigenvalue weighted by Crippen LogP contribution is 2.36. The Kier molecular flexibility index (Phi) is 2.85. The molecular weight excluding hydrogens is 232 g/mol. The van der Waals surface area contributed by atoms with Crippen LogP contribution in [0.4, 0.5) is 0 Å². The second kappa shape index (κ2) is 4.20. The van der Waals surface area contributed by atoms with Crippen LogP contribution in [0.3, 0.4) is 0 Å². The van der Waals surface area contributed by atoms with E-state index in [0.717, 1.165) is 0 Å². The van der Waals surface area contributed by atoms with E-state index in [4.69, 9.17) is 11.0 Å². The van der Waals surface area contributed by atoms with E-state index in [2.05, 4.69) is 10.3 Å². The first kappa shape index (κ1) is 12.2. The zero-order chi connectivity index (χ0) is 13.3. The van der Waals surface area contributed by atoms with Crippen molar-refractivity contribution in [2.45, 2.75) is 18.4 Å². The first-order valence-corrected chi connectivity index (χ1v) is 5.43. The molecule has 0 bridgehead atoms. The topological polar surface area (TPSA) is 109 Å². The molecule has 1 saturated heterocycles. The van der Waals surface area contributed by atoms with Crippen molar-refractivity contribution >= 4 is 11.8 Å². The van der Waals surface area contributed by atoms with Gasteiger partial charge in [0.2, 0.25) is 11.8 Å². The molecule has 2 heterocycles. The molecule has 1 aromatic rings. The second-order valence-corrected chi connectivity index (χ2v) is 4.39. The van der Waals surface area contributed by atoms with E-state index in [0.29, 0.717) is 5.69 Å². The number of hydrogen-bond acceptors (Lipinski definition) is 5. The molecular formula is C12H12N4O2. The van der Waals surface area contributed by atoms with Gasteiger partial charge in [-0.2, -0.15) is 5.26 Å². The molecule has 0 saturated carbocycles. The number of nitrogens with two attached hydrogens (primary N) is 1. The van der Waals surface area contributed by atoms with Crippen LogP contribution in [0.2, 0.25) is 0 Å². The van der Waals surface area contributed by atoms with Gasteiger partial charge in [0.05, 0.1) is 23.2 Å². The monoisotopic (exact) mass is 244 g/mol. The fourth-order valence-electron chi connectivity index (χ4n) is 2.18. The minimum Gasteiger partial charge on any atom is -0.319 e. The Morgan fingerprint density at radius 2 is 2.17 bits per heavy atom. The summed E-state index contributed by atoms with van der Waals surface area (Å²) in [6.07, 6.45) is 1.54. The Morgan fingerprint density at radius 1 is 1.44 bits per heavy atom. The van der Waals surface area contributed by atoms with Gasteiger partial charge in [-0.15, -0.1) is 0 Å². The van der Waals surface area contributed by atoms with E-state index in [1.54, 1.807) is 31.3 Å². The first-order valence-electron chi connectivity index (χ1n) is 5.43. The van der Waals surface area contributed by atoms with Crippen LogP contribution in [0.5, 0.6) is 0 Å². The van der Waals surface area contributed by atoms with Crippen molar-refractivity contribution in [3.05, 3.63) is 30.1 Å². The summed E-state index contributed by atoms with van der Waals surface area (Å²) >= 11 is 0. The summed E-state index contributed by atoms with van der Waals surface area (Å²) in [6.45, 7) is 1.62. The SMILES string of the molecule is CC1(c2ccccn2)C(N)C(=O)NC(=O)C1C#N. The third kappa shape index (κ3) is 1.57. The molecule has 3 atom stereocenters. The van der Waals surface area contributed by atoms with Crippen LogP contribution in [0.1, 0.15) is 12.6 Å². The van der Waals surface area contributed by atoms with E-state index in [1.165, 1.54) is 0 Å². The van der Waals surface area contributed by atoms with Crippen LogP contribution in [-0.2, 0) is 15.0 Å². The number of piperidine rings is 1. The van der Waals surface area contributed by atoms with Crippen molar-refractivity contribution in [3.63, 3.8) is 0 Å². The largest absolute Gasteiger partial charge is 0.319 e. The van der Waals surface area contributed by atoms with Gasteiger partial charge in [-0.25, -0.2) is 0 Å². The predicted octanol–water partition coefficient (Wildman–Crippen LogP) is -0.537. The van der Waals surface area contributed by atoms with E-state index in [1.807, 2.05) is 6.07 Å². The molecule has 2 rings (SSSR count). The lowest BCUT2D eigenvalue weighted by Crippen LogP contribution is -2.65. The van der Waals surface area contributed by atoms with Gasteiger partial charge in [0.15, 0.2) is 0 Å². The summed E-state index contributed by atoms with van der Waals surface area (Å²) in [5.41, 5.74) is 5.21. The van der Waals surface area contributed by atoms with Crippen molar-refractivity contribution in [1.29, 1.82) is 5.26 Å². The number of nitriles is 1. The molecule has 18 heavy (non-hydrogen) atoms. The highest BCUT2D eigenvalue weighted by molar-refractivity contribution is 6.04. The number of pyridine rings is 1. The molecule has 3 unspecified atom stereocenters. The second-order valence-electron chi connectivity index (χ2n) is 4.39. The lowest BCUT2D eigenvalue weighted by Gasteiger charge is -2.40. The Morgan fingerprint density at radius 3 is 2.72 bits per heavy atom. The molecule has 6 nitrogen and oxygen atoms in total. The van der Waals surface area contributed by atoms with Crippen molar-refractivity contribution in [1.82, 2.24) is 10.3 Å². The molecule has 92 valence electrons. The van der Waals surface area contributed by atoms with Gasteiger partial charge in [0, 0.05) is 6.20 Å². The first-order chi connectivity index (χ1) is 8.51. The third-order valence-electron chi connectivity index (χ3n) is 3.38. The van der Waals surface area contributed by atoms with Gasteiger partial charge in [0.1, 0.15) is 5.92 Å². The number of imide groups is 1. The van der Waals surface area contributed by atoms with Crippen LogP contribution >= 0.6 is 0 Å². The van der Waals surface area contributed by atoms with E-state index < -0.39 is 29.2 Å². The molecule has 1 fully saturated rings. The Bertz CT molecular complexity index is 537.